The zero-order chi connectivity index (χ0) is 16.4. The van der Waals surface area contributed by atoms with Crippen LogP contribution in [-0.4, -0.2) is 33.1 Å². The van der Waals surface area contributed by atoms with Crippen molar-refractivity contribution in [2.24, 2.45) is 5.10 Å². The third-order valence-electron chi connectivity index (χ3n) is 4.52. The molecule has 5 heteroatoms. The van der Waals surface area contributed by atoms with Crippen molar-refractivity contribution in [2.45, 2.75) is 52.1 Å². The van der Waals surface area contributed by atoms with E-state index < -0.39 is 0 Å². The highest BCUT2D eigenvalue weighted by Gasteiger charge is 2.23. The van der Waals surface area contributed by atoms with Gasteiger partial charge in [-0.25, -0.2) is 4.68 Å². The lowest BCUT2D eigenvalue weighted by molar-refractivity contribution is 0.109. The van der Waals surface area contributed by atoms with Crippen molar-refractivity contribution in [3.63, 3.8) is 0 Å². The highest BCUT2D eigenvalue weighted by molar-refractivity contribution is 6.32. The first-order chi connectivity index (χ1) is 11.1. The van der Waals surface area contributed by atoms with Crippen LogP contribution in [0.2, 0.25) is 5.15 Å². The van der Waals surface area contributed by atoms with Crippen LogP contribution in [0.3, 0.4) is 0 Å². The molecule has 1 fully saturated rings. The molecule has 2 aromatic rings. The van der Waals surface area contributed by atoms with Crippen molar-refractivity contribution in [1.29, 1.82) is 0 Å². The number of nitrogens with zero attached hydrogens (tertiary/aromatic N) is 4. The van der Waals surface area contributed by atoms with E-state index in [9.17, 15) is 0 Å². The molecule has 0 amide bonds. The summed E-state index contributed by atoms with van der Waals surface area (Å²) in [7, 11) is 0. The Morgan fingerprint density at radius 2 is 1.83 bits per heavy atom. The van der Waals surface area contributed by atoms with Crippen molar-refractivity contribution >= 4 is 17.8 Å². The number of hydrogen-bond acceptors (Lipinski definition) is 3. The Hall–Kier alpha value is -1.81. The first kappa shape index (κ1) is 16.1. The highest BCUT2D eigenvalue weighted by atomic mass is 35.5. The number of para-hydroxylation sites is 1. The first-order valence-corrected chi connectivity index (χ1v) is 8.58. The molecule has 2 heterocycles. The Balaban J connectivity index is 1.89. The van der Waals surface area contributed by atoms with Crippen LogP contribution in [0.1, 0.15) is 44.4 Å². The fraction of sp³-hybridized carbons (Fsp3) is 0.444. The summed E-state index contributed by atoms with van der Waals surface area (Å²) in [6.07, 6.45) is 5.53. The van der Waals surface area contributed by atoms with Crippen LogP contribution in [0.5, 0.6) is 0 Å². The van der Waals surface area contributed by atoms with Gasteiger partial charge in [0.05, 0.1) is 23.2 Å². The van der Waals surface area contributed by atoms with E-state index in [2.05, 4.69) is 24.0 Å². The summed E-state index contributed by atoms with van der Waals surface area (Å²) < 4.78 is 1.77. The molecule has 1 aliphatic heterocycles. The van der Waals surface area contributed by atoms with Crippen molar-refractivity contribution in [3.05, 3.63) is 46.7 Å². The quantitative estimate of drug-likeness (QED) is 0.780. The normalized spacial score (nSPS) is 22.0. The number of aromatic nitrogens is 2. The number of piperidine rings is 1. The lowest BCUT2D eigenvalue weighted by atomic mass is 10.00. The second-order valence-corrected chi connectivity index (χ2v) is 6.65. The number of halogens is 1. The molecule has 1 aliphatic rings. The monoisotopic (exact) mass is 330 g/mol. The molecular weight excluding hydrogens is 308 g/mol. The summed E-state index contributed by atoms with van der Waals surface area (Å²) in [5, 5.41) is 12.1. The summed E-state index contributed by atoms with van der Waals surface area (Å²) in [5.41, 5.74) is 2.74. The van der Waals surface area contributed by atoms with E-state index in [0.29, 0.717) is 17.2 Å². The SMILES string of the molecule is Cc1nn(-c2ccccc2)c(Cl)c1/C=N\N1[C@H](C)CCC[C@H]1C. The summed E-state index contributed by atoms with van der Waals surface area (Å²) in [6, 6.07) is 10.9. The molecule has 0 saturated carbocycles. The smallest absolute Gasteiger partial charge is 0.142 e. The molecule has 23 heavy (non-hydrogen) atoms. The van der Waals surface area contributed by atoms with Gasteiger partial charge in [-0.05, 0) is 52.2 Å². The Kier molecular flexibility index (Phi) is 4.71. The maximum atomic E-state index is 6.55. The summed E-state index contributed by atoms with van der Waals surface area (Å²) in [6.45, 7) is 6.43. The van der Waals surface area contributed by atoms with Crippen LogP contribution in [0, 0.1) is 6.92 Å². The van der Waals surface area contributed by atoms with Crippen molar-refractivity contribution in [3.8, 4) is 5.69 Å². The molecule has 0 spiro atoms. The van der Waals surface area contributed by atoms with Gasteiger partial charge in [0.2, 0.25) is 0 Å². The van der Waals surface area contributed by atoms with Crippen LogP contribution in [0.4, 0.5) is 0 Å². The van der Waals surface area contributed by atoms with Gasteiger partial charge in [-0.3, -0.25) is 5.01 Å². The highest BCUT2D eigenvalue weighted by Crippen LogP contribution is 2.25. The van der Waals surface area contributed by atoms with Crippen LogP contribution in [0.25, 0.3) is 5.69 Å². The van der Waals surface area contributed by atoms with Gasteiger partial charge in [-0.1, -0.05) is 29.8 Å². The topological polar surface area (TPSA) is 33.4 Å². The molecule has 0 aliphatic carbocycles. The second kappa shape index (κ2) is 6.75. The van der Waals surface area contributed by atoms with E-state index in [0.717, 1.165) is 16.9 Å². The Bertz CT molecular complexity index is 683. The standard InChI is InChI=1S/C18H23ClN4/c1-13-8-7-9-14(2)22(13)20-12-17-15(3)21-23(18(17)19)16-10-5-4-6-11-16/h4-6,10-14H,7-9H2,1-3H3/b20-12-/t13-,14-/m1/s1. The molecule has 122 valence electrons. The maximum Gasteiger partial charge on any atom is 0.142 e. The third-order valence-corrected chi connectivity index (χ3v) is 4.88. The van der Waals surface area contributed by atoms with E-state index >= 15 is 0 Å². The zero-order valence-corrected chi connectivity index (χ0v) is 14.7. The van der Waals surface area contributed by atoms with Gasteiger partial charge in [0, 0.05) is 12.1 Å². The number of hydrazone groups is 1. The molecule has 0 N–H and O–H groups in total. The van der Waals surface area contributed by atoms with E-state index in [1.165, 1.54) is 19.3 Å². The fourth-order valence-electron chi connectivity index (χ4n) is 3.16. The minimum absolute atomic E-state index is 0.471. The van der Waals surface area contributed by atoms with Gasteiger partial charge >= 0.3 is 0 Å². The van der Waals surface area contributed by atoms with Crippen LogP contribution in [-0.2, 0) is 0 Å². The maximum absolute atomic E-state index is 6.55. The number of benzene rings is 1. The van der Waals surface area contributed by atoms with Gasteiger partial charge < -0.3 is 0 Å². The van der Waals surface area contributed by atoms with E-state index in [1.54, 1.807) is 4.68 Å². The minimum atomic E-state index is 0.471. The number of hydrogen-bond donors (Lipinski definition) is 0. The van der Waals surface area contributed by atoms with Crippen LogP contribution >= 0.6 is 11.6 Å². The van der Waals surface area contributed by atoms with Crippen molar-refractivity contribution < 1.29 is 0 Å². The lowest BCUT2D eigenvalue weighted by Gasteiger charge is -2.36. The molecule has 1 aromatic carbocycles. The molecule has 1 saturated heterocycles. The number of aryl methyl sites for hydroxylation is 1. The Morgan fingerprint density at radius 3 is 2.48 bits per heavy atom. The van der Waals surface area contributed by atoms with Crippen LogP contribution in [0.15, 0.2) is 35.4 Å². The largest absolute Gasteiger partial charge is 0.292 e. The summed E-state index contributed by atoms with van der Waals surface area (Å²) >= 11 is 6.55. The van der Waals surface area contributed by atoms with Gasteiger partial charge in [-0.2, -0.15) is 10.2 Å². The predicted molar refractivity (Wildman–Crippen MR) is 95.5 cm³/mol. The number of rotatable bonds is 3. The molecule has 0 bridgehead atoms. The Morgan fingerprint density at radius 1 is 1.17 bits per heavy atom. The minimum Gasteiger partial charge on any atom is -0.292 e. The molecule has 1 aromatic heterocycles. The summed E-state index contributed by atoms with van der Waals surface area (Å²) in [4.78, 5) is 0. The average Bonchev–Trinajstić information content (AvgIpc) is 2.83. The third kappa shape index (κ3) is 3.27. The van der Waals surface area contributed by atoms with Gasteiger partial charge in [0.25, 0.3) is 0 Å². The molecule has 0 radical (unpaired) electrons. The van der Waals surface area contributed by atoms with Crippen molar-refractivity contribution in [2.75, 3.05) is 0 Å². The van der Waals surface area contributed by atoms with Gasteiger partial charge in [0.15, 0.2) is 0 Å². The predicted octanol–water partition coefficient (Wildman–Crippen LogP) is 4.43. The second-order valence-electron chi connectivity index (χ2n) is 6.29. The van der Waals surface area contributed by atoms with E-state index in [-0.39, 0.29) is 0 Å². The fourth-order valence-corrected chi connectivity index (χ4v) is 3.48. The van der Waals surface area contributed by atoms with Crippen LogP contribution < -0.4 is 0 Å². The van der Waals surface area contributed by atoms with Crippen molar-refractivity contribution in [1.82, 2.24) is 14.8 Å². The lowest BCUT2D eigenvalue weighted by Crippen LogP contribution is -2.39. The molecular formula is C18H23ClN4. The molecule has 3 rings (SSSR count). The average molecular weight is 331 g/mol. The molecule has 2 atom stereocenters. The van der Waals surface area contributed by atoms with Gasteiger partial charge in [-0.15, -0.1) is 0 Å². The molecule has 4 nitrogen and oxygen atoms in total. The molecule has 0 unspecified atom stereocenters. The first-order valence-electron chi connectivity index (χ1n) is 8.20. The Labute approximate surface area is 142 Å². The summed E-state index contributed by atoms with van der Waals surface area (Å²) in [5.74, 6) is 0. The van der Waals surface area contributed by atoms with Gasteiger partial charge in [0.1, 0.15) is 5.15 Å². The zero-order valence-electron chi connectivity index (χ0n) is 13.9. The van der Waals surface area contributed by atoms with E-state index in [1.807, 2.05) is 43.5 Å². The van der Waals surface area contributed by atoms with E-state index in [4.69, 9.17) is 16.7 Å².